The van der Waals surface area contributed by atoms with Crippen LogP contribution in [-0.4, -0.2) is 0 Å². The van der Waals surface area contributed by atoms with Crippen molar-refractivity contribution in [3.63, 3.8) is 0 Å². The maximum atomic E-state index is 13.4. The minimum atomic E-state index is -0.440. The standard InChI is InChI=1S/C16H17ClFNO/c1-10-3-5-13(11(2)19)16(7-10)20-9-12-4-6-14(17)15(18)8-12/h3-8,11H,9,19H2,1-2H3/t11-/m0/s1. The smallest absolute Gasteiger partial charge is 0.142 e. The summed E-state index contributed by atoms with van der Waals surface area (Å²) in [6, 6.07) is 10.4. The van der Waals surface area contributed by atoms with Gasteiger partial charge in [0, 0.05) is 11.6 Å². The summed E-state index contributed by atoms with van der Waals surface area (Å²) in [4.78, 5) is 0. The first-order valence-electron chi connectivity index (χ1n) is 6.40. The van der Waals surface area contributed by atoms with Crippen molar-refractivity contribution >= 4 is 11.6 Å². The third kappa shape index (κ3) is 3.50. The highest BCUT2D eigenvalue weighted by molar-refractivity contribution is 6.30. The molecule has 1 atom stereocenters. The Hall–Kier alpha value is -1.58. The number of halogens is 2. The fraction of sp³-hybridized carbons (Fsp3) is 0.250. The minimum absolute atomic E-state index is 0.112. The summed E-state index contributed by atoms with van der Waals surface area (Å²) in [5.41, 5.74) is 8.67. The highest BCUT2D eigenvalue weighted by Crippen LogP contribution is 2.26. The van der Waals surface area contributed by atoms with Crippen molar-refractivity contribution in [1.82, 2.24) is 0 Å². The van der Waals surface area contributed by atoms with Crippen LogP contribution in [0.5, 0.6) is 5.75 Å². The fourth-order valence-corrected chi connectivity index (χ4v) is 2.05. The third-order valence-electron chi connectivity index (χ3n) is 3.04. The predicted molar refractivity (Wildman–Crippen MR) is 79.5 cm³/mol. The molecule has 0 heterocycles. The number of nitrogens with two attached hydrogens (primary N) is 1. The lowest BCUT2D eigenvalue weighted by Crippen LogP contribution is -2.08. The number of hydrogen-bond acceptors (Lipinski definition) is 2. The zero-order chi connectivity index (χ0) is 14.7. The SMILES string of the molecule is Cc1ccc([C@H](C)N)c(OCc2ccc(Cl)c(F)c2)c1. The molecule has 0 aliphatic rings. The molecule has 0 amide bonds. The molecule has 0 aliphatic carbocycles. The van der Waals surface area contributed by atoms with Gasteiger partial charge < -0.3 is 10.5 Å². The molecule has 0 unspecified atom stereocenters. The van der Waals surface area contributed by atoms with Gasteiger partial charge in [-0.2, -0.15) is 0 Å². The lowest BCUT2D eigenvalue weighted by molar-refractivity contribution is 0.300. The lowest BCUT2D eigenvalue weighted by Gasteiger charge is -2.15. The zero-order valence-corrected chi connectivity index (χ0v) is 12.2. The summed E-state index contributed by atoms with van der Waals surface area (Å²) in [6.45, 7) is 4.16. The summed E-state index contributed by atoms with van der Waals surface area (Å²) >= 11 is 5.65. The highest BCUT2D eigenvalue weighted by atomic mass is 35.5. The Bertz CT molecular complexity index is 613. The number of hydrogen-bond donors (Lipinski definition) is 1. The van der Waals surface area contributed by atoms with Crippen molar-refractivity contribution in [2.75, 3.05) is 0 Å². The van der Waals surface area contributed by atoms with E-state index in [0.29, 0.717) is 0 Å². The Morgan fingerprint density at radius 1 is 1.25 bits per heavy atom. The van der Waals surface area contributed by atoms with E-state index in [1.165, 1.54) is 12.1 Å². The minimum Gasteiger partial charge on any atom is -0.489 e. The Balaban J connectivity index is 2.17. The molecule has 2 aromatic carbocycles. The van der Waals surface area contributed by atoms with Gasteiger partial charge in [0.15, 0.2) is 0 Å². The number of rotatable bonds is 4. The van der Waals surface area contributed by atoms with E-state index in [1.807, 2.05) is 32.0 Å². The summed E-state index contributed by atoms with van der Waals surface area (Å²) in [6.07, 6.45) is 0. The van der Waals surface area contributed by atoms with Crippen LogP contribution in [0, 0.1) is 12.7 Å². The Morgan fingerprint density at radius 2 is 2.00 bits per heavy atom. The predicted octanol–water partition coefficient (Wildman–Crippen LogP) is 4.39. The summed E-state index contributed by atoms with van der Waals surface area (Å²) in [5, 5.41) is 0.112. The third-order valence-corrected chi connectivity index (χ3v) is 3.34. The van der Waals surface area contributed by atoms with Crippen molar-refractivity contribution in [3.05, 3.63) is 63.9 Å². The van der Waals surface area contributed by atoms with Gasteiger partial charge in [0.2, 0.25) is 0 Å². The molecule has 0 fully saturated rings. The summed E-state index contributed by atoms with van der Waals surface area (Å²) in [5.74, 6) is 0.291. The van der Waals surface area contributed by atoms with Gasteiger partial charge in [0.25, 0.3) is 0 Å². The van der Waals surface area contributed by atoms with Crippen LogP contribution in [0.4, 0.5) is 4.39 Å². The molecule has 0 bridgehead atoms. The fourth-order valence-electron chi connectivity index (χ4n) is 1.93. The molecule has 0 spiro atoms. The van der Waals surface area contributed by atoms with E-state index in [1.54, 1.807) is 6.07 Å². The van der Waals surface area contributed by atoms with Gasteiger partial charge in [-0.05, 0) is 43.2 Å². The second-order valence-corrected chi connectivity index (χ2v) is 5.27. The van der Waals surface area contributed by atoms with Crippen LogP contribution in [0.25, 0.3) is 0 Å². The zero-order valence-electron chi connectivity index (χ0n) is 11.5. The van der Waals surface area contributed by atoms with Crippen molar-refractivity contribution in [2.24, 2.45) is 5.73 Å². The molecule has 20 heavy (non-hydrogen) atoms. The Labute approximate surface area is 123 Å². The van der Waals surface area contributed by atoms with Crippen molar-refractivity contribution in [2.45, 2.75) is 26.5 Å². The number of benzene rings is 2. The molecule has 0 aliphatic heterocycles. The Kier molecular flexibility index (Phi) is 4.63. The van der Waals surface area contributed by atoms with E-state index < -0.39 is 5.82 Å². The topological polar surface area (TPSA) is 35.2 Å². The first-order chi connectivity index (χ1) is 9.47. The van der Waals surface area contributed by atoms with Gasteiger partial charge in [0.05, 0.1) is 5.02 Å². The molecule has 0 radical (unpaired) electrons. The first-order valence-corrected chi connectivity index (χ1v) is 6.78. The quantitative estimate of drug-likeness (QED) is 0.907. The lowest BCUT2D eigenvalue weighted by atomic mass is 10.1. The van der Waals surface area contributed by atoms with E-state index in [9.17, 15) is 4.39 Å². The van der Waals surface area contributed by atoms with Crippen LogP contribution in [-0.2, 0) is 6.61 Å². The monoisotopic (exact) mass is 293 g/mol. The van der Waals surface area contributed by atoms with Crippen LogP contribution >= 0.6 is 11.6 Å². The Morgan fingerprint density at radius 3 is 2.65 bits per heavy atom. The van der Waals surface area contributed by atoms with Crippen LogP contribution < -0.4 is 10.5 Å². The summed E-state index contributed by atoms with van der Waals surface area (Å²) in [7, 11) is 0. The molecule has 4 heteroatoms. The highest BCUT2D eigenvalue weighted by Gasteiger charge is 2.09. The molecule has 0 saturated heterocycles. The summed E-state index contributed by atoms with van der Waals surface area (Å²) < 4.78 is 19.1. The van der Waals surface area contributed by atoms with Crippen LogP contribution in [0.1, 0.15) is 29.7 Å². The molecule has 2 aromatic rings. The van der Waals surface area contributed by atoms with E-state index in [0.717, 1.165) is 22.4 Å². The molecule has 2 nitrogen and oxygen atoms in total. The van der Waals surface area contributed by atoms with Crippen molar-refractivity contribution in [1.29, 1.82) is 0 Å². The van der Waals surface area contributed by atoms with Crippen LogP contribution in [0.3, 0.4) is 0 Å². The molecule has 106 valence electrons. The van der Waals surface area contributed by atoms with Gasteiger partial charge >= 0.3 is 0 Å². The maximum absolute atomic E-state index is 13.4. The van der Waals surface area contributed by atoms with Crippen molar-refractivity contribution in [3.8, 4) is 5.75 Å². The molecule has 0 aromatic heterocycles. The molecule has 2 N–H and O–H groups in total. The van der Waals surface area contributed by atoms with Crippen LogP contribution in [0.2, 0.25) is 5.02 Å². The second kappa shape index (κ2) is 6.25. The van der Waals surface area contributed by atoms with E-state index in [-0.39, 0.29) is 17.7 Å². The molecular weight excluding hydrogens is 277 g/mol. The van der Waals surface area contributed by atoms with Crippen LogP contribution in [0.15, 0.2) is 36.4 Å². The number of ether oxygens (including phenoxy) is 1. The first kappa shape index (κ1) is 14.8. The normalized spacial score (nSPS) is 12.2. The van der Waals surface area contributed by atoms with Gasteiger partial charge in [-0.25, -0.2) is 4.39 Å². The average Bonchev–Trinajstić information content (AvgIpc) is 2.40. The van der Waals surface area contributed by atoms with E-state index in [2.05, 4.69) is 0 Å². The largest absolute Gasteiger partial charge is 0.489 e. The van der Waals surface area contributed by atoms with Gasteiger partial charge in [0.1, 0.15) is 18.2 Å². The molecular formula is C16H17ClFNO. The number of aryl methyl sites for hydroxylation is 1. The van der Waals surface area contributed by atoms with E-state index >= 15 is 0 Å². The molecule has 0 saturated carbocycles. The molecule has 2 rings (SSSR count). The van der Waals surface area contributed by atoms with Gasteiger partial charge in [-0.3, -0.25) is 0 Å². The van der Waals surface area contributed by atoms with E-state index in [4.69, 9.17) is 22.1 Å². The van der Waals surface area contributed by atoms with Gasteiger partial charge in [-0.1, -0.05) is 29.8 Å². The second-order valence-electron chi connectivity index (χ2n) is 4.87. The maximum Gasteiger partial charge on any atom is 0.142 e. The average molecular weight is 294 g/mol. The van der Waals surface area contributed by atoms with Crippen molar-refractivity contribution < 1.29 is 9.13 Å². The van der Waals surface area contributed by atoms with Gasteiger partial charge in [-0.15, -0.1) is 0 Å².